The van der Waals surface area contributed by atoms with E-state index in [-0.39, 0.29) is 5.91 Å². The summed E-state index contributed by atoms with van der Waals surface area (Å²) in [4.78, 5) is 13.3. The Morgan fingerprint density at radius 2 is 1.91 bits per heavy atom. The van der Waals surface area contributed by atoms with E-state index in [2.05, 4.69) is 15.5 Å². The summed E-state index contributed by atoms with van der Waals surface area (Å²) in [6, 6.07) is 13.7. The number of aromatic nitrogens is 4. The minimum Gasteiger partial charge on any atom is -0.494 e. The van der Waals surface area contributed by atoms with E-state index in [0.717, 1.165) is 33.3 Å². The zero-order chi connectivity index (χ0) is 22.1. The molecule has 0 radical (unpaired) electrons. The van der Waals surface area contributed by atoms with Crippen molar-refractivity contribution >= 4 is 22.8 Å². The molecule has 0 bridgehead atoms. The lowest BCUT2D eigenvalue weighted by Gasteiger charge is -2.08. The van der Waals surface area contributed by atoms with Crippen LogP contribution in [0.25, 0.3) is 27.8 Å². The van der Waals surface area contributed by atoms with Gasteiger partial charge in [-0.15, -0.1) is 11.3 Å². The van der Waals surface area contributed by atoms with Crippen LogP contribution in [0, 0.1) is 0 Å². The number of aryl methyl sites for hydroxylation is 1. The smallest absolute Gasteiger partial charge is 0.261 e. The van der Waals surface area contributed by atoms with E-state index in [1.54, 1.807) is 18.0 Å². The molecule has 8 heteroatoms. The van der Waals surface area contributed by atoms with Gasteiger partial charge in [0, 0.05) is 42.7 Å². The van der Waals surface area contributed by atoms with Crippen LogP contribution in [-0.2, 0) is 13.6 Å². The summed E-state index contributed by atoms with van der Waals surface area (Å²) in [6.07, 6.45) is 7.52. The third kappa shape index (κ3) is 3.76. The Morgan fingerprint density at radius 3 is 2.66 bits per heavy atom. The van der Waals surface area contributed by atoms with Crippen LogP contribution in [0.4, 0.5) is 0 Å². The lowest BCUT2D eigenvalue weighted by molar-refractivity contribution is 0.0955. The van der Waals surface area contributed by atoms with Crippen LogP contribution in [0.15, 0.2) is 72.6 Å². The first-order valence-electron chi connectivity index (χ1n) is 10.1. The molecular weight excluding hydrogens is 422 g/mol. The summed E-state index contributed by atoms with van der Waals surface area (Å²) in [6.45, 7) is 0.495. The van der Waals surface area contributed by atoms with Crippen LogP contribution in [0.1, 0.15) is 15.2 Å². The van der Waals surface area contributed by atoms with Crippen LogP contribution in [0.5, 0.6) is 5.75 Å². The molecular formula is C24H21N5O2S. The van der Waals surface area contributed by atoms with Crippen molar-refractivity contribution in [3.63, 3.8) is 0 Å². The van der Waals surface area contributed by atoms with E-state index in [1.165, 1.54) is 11.3 Å². The van der Waals surface area contributed by atoms with Crippen molar-refractivity contribution in [2.45, 2.75) is 6.54 Å². The monoisotopic (exact) mass is 443 g/mol. The van der Waals surface area contributed by atoms with Crippen LogP contribution in [0.2, 0.25) is 0 Å². The third-order valence-electron chi connectivity index (χ3n) is 5.27. The average Bonchev–Trinajstić information content (AvgIpc) is 3.56. The molecule has 4 aromatic heterocycles. The van der Waals surface area contributed by atoms with Gasteiger partial charge in [0.15, 0.2) is 0 Å². The highest BCUT2D eigenvalue weighted by molar-refractivity contribution is 7.12. The van der Waals surface area contributed by atoms with Crippen molar-refractivity contribution in [1.82, 2.24) is 24.7 Å². The van der Waals surface area contributed by atoms with Crippen molar-refractivity contribution in [2.24, 2.45) is 7.05 Å². The normalized spacial score (nSPS) is 11.1. The zero-order valence-electron chi connectivity index (χ0n) is 17.6. The summed E-state index contributed by atoms with van der Waals surface area (Å²) in [5, 5.41) is 13.7. The lowest BCUT2D eigenvalue weighted by Crippen LogP contribution is -2.21. The van der Waals surface area contributed by atoms with Gasteiger partial charge in [-0.3, -0.25) is 9.48 Å². The quantitative estimate of drug-likeness (QED) is 0.422. The van der Waals surface area contributed by atoms with Gasteiger partial charge in [-0.05, 0) is 28.6 Å². The zero-order valence-corrected chi connectivity index (χ0v) is 18.5. The van der Waals surface area contributed by atoms with Gasteiger partial charge >= 0.3 is 0 Å². The van der Waals surface area contributed by atoms with Crippen molar-refractivity contribution in [1.29, 1.82) is 0 Å². The number of nitrogens with zero attached hydrogens (tertiary/aromatic N) is 4. The molecule has 32 heavy (non-hydrogen) atoms. The predicted octanol–water partition coefficient (Wildman–Crippen LogP) is 4.40. The molecule has 1 N–H and O–H groups in total. The number of rotatable bonds is 6. The number of thiophene rings is 1. The molecule has 1 aromatic carbocycles. The van der Waals surface area contributed by atoms with Crippen LogP contribution in [0.3, 0.4) is 0 Å². The van der Waals surface area contributed by atoms with Gasteiger partial charge in [0.1, 0.15) is 11.3 Å². The Bertz CT molecular complexity index is 1400. The molecule has 0 fully saturated rings. The molecule has 7 nitrogen and oxygen atoms in total. The Hall–Kier alpha value is -3.91. The van der Waals surface area contributed by atoms with Gasteiger partial charge in [-0.1, -0.05) is 30.3 Å². The predicted molar refractivity (Wildman–Crippen MR) is 125 cm³/mol. The average molecular weight is 444 g/mol. The third-order valence-corrected chi connectivity index (χ3v) is 6.19. The summed E-state index contributed by atoms with van der Waals surface area (Å²) < 4.78 is 9.26. The minimum atomic E-state index is -0.0904. The number of nitrogens with one attached hydrogen (secondary N) is 1. The van der Waals surface area contributed by atoms with Gasteiger partial charge in [0.2, 0.25) is 0 Å². The number of carbonyl (C=O) groups excluding carboxylic acids is 1. The molecule has 5 aromatic rings. The first-order valence-corrected chi connectivity index (χ1v) is 11.0. The van der Waals surface area contributed by atoms with E-state index < -0.39 is 0 Å². The summed E-state index contributed by atoms with van der Waals surface area (Å²) in [5.74, 6) is 0.618. The maximum Gasteiger partial charge on any atom is 0.261 e. The molecule has 5 rings (SSSR count). The van der Waals surface area contributed by atoms with Crippen LogP contribution >= 0.6 is 11.3 Å². The molecule has 0 aliphatic carbocycles. The van der Waals surface area contributed by atoms with Gasteiger partial charge in [0.05, 0.1) is 24.4 Å². The highest BCUT2D eigenvalue weighted by Gasteiger charge is 2.17. The van der Waals surface area contributed by atoms with Gasteiger partial charge in [0.25, 0.3) is 5.91 Å². The van der Waals surface area contributed by atoms with E-state index >= 15 is 0 Å². The largest absolute Gasteiger partial charge is 0.494 e. The van der Waals surface area contributed by atoms with E-state index in [4.69, 9.17) is 4.74 Å². The molecule has 0 aliphatic rings. The second-order valence-electron chi connectivity index (χ2n) is 7.42. The SMILES string of the molecule is COc1cc(-c2cnn(C)c2)cn2ncc(-c3csc(C(=O)NCc4ccccc4)c3)c12. The maximum atomic E-state index is 12.6. The standard InChI is InChI=1S/C24H21N5O2S/c1-28-13-19(11-26-28)17-8-21(31-2)23-20(12-27-29(23)14-17)18-9-22(32-15-18)24(30)25-10-16-6-4-3-5-7-16/h3-9,11-15H,10H2,1-2H3,(H,25,30). The molecule has 0 saturated heterocycles. The molecule has 4 heterocycles. The number of hydrogen-bond acceptors (Lipinski definition) is 5. The molecule has 1 amide bonds. The number of hydrogen-bond donors (Lipinski definition) is 1. The fraction of sp³-hybridized carbons (Fsp3) is 0.125. The minimum absolute atomic E-state index is 0.0904. The Kier molecular flexibility index (Phi) is 5.20. The molecule has 0 aliphatic heterocycles. The molecule has 0 saturated carbocycles. The number of pyridine rings is 1. The lowest BCUT2D eigenvalue weighted by atomic mass is 10.1. The highest BCUT2D eigenvalue weighted by atomic mass is 32.1. The summed E-state index contributed by atoms with van der Waals surface area (Å²) >= 11 is 1.41. The van der Waals surface area contributed by atoms with Crippen molar-refractivity contribution < 1.29 is 9.53 Å². The fourth-order valence-corrected chi connectivity index (χ4v) is 4.46. The van der Waals surface area contributed by atoms with Gasteiger partial charge in [-0.25, -0.2) is 4.52 Å². The maximum absolute atomic E-state index is 12.6. The molecule has 0 atom stereocenters. The number of benzene rings is 1. The van der Waals surface area contributed by atoms with Crippen molar-refractivity contribution in [3.8, 4) is 28.0 Å². The Balaban J connectivity index is 1.44. The van der Waals surface area contributed by atoms with Crippen molar-refractivity contribution in [2.75, 3.05) is 7.11 Å². The number of ether oxygens (including phenoxy) is 1. The second-order valence-corrected chi connectivity index (χ2v) is 8.33. The number of methoxy groups -OCH3 is 1. The summed E-state index contributed by atoms with van der Waals surface area (Å²) in [5.41, 5.74) is 5.71. The van der Waals surface area contributed by atoms with E-state index in [0.29, 0.717) is 17.2 Å². The molecule has 160 valence electrons. The van der Waals surface area contributed by atoms with Crippen LogP contribution in [-0.4, -0.2) is 32.4 Å². The van der Waals surface area contributed by atoms with E-state index in [9.17, 15) is 4.79 Å². The first-order chi connectivity index (χ1) is 15.6. The van der Waals surface area contributed by atoms with Crippen molar-refractivity contribution in [3.05, 3.63) is 83.1 Å². The number of amides is 1. The first kappa shape index (κ1) is 20.0. The topological polar surface area (TPSA) is 73.5 Å². The number of fused-ring (bicyclic) bond motifs is 1. The van der Waals surface area contributed by atoms with Gasteiger partial charge in [-0.2, -0.15) is 10.2 Å². The van der Waals surface area contributed by atoms with Crippen LogP contribution < -0.4 is 10.1 Å². The summed E-state index contributed by atoms with van der Waals surface area (Å²) in [7, 11) is 3.53. The Morgan fingerprint density at radius 1 is 1.06 bits per heavy atom. The molecule has 0 spiro atoms. The highest BCUT2D eigenvalue weighted by Crippen LogP contribution is 2.36. The number of carbonyl (C=O) groups is 1. The van der Waals surface area contributed by atoms with E-state index in [1.807, 2.05) is 78.0 Å². The second kappa shape index (κ2) is 8.32. The van der Waals surface area contributed by atoms with Gasteiger partial charge < -0.3 is 10.1 Å². The molecule has 0 unspecified atom stereocenters. The fourth-order valence-electron chi connectivity index (χ4n) is 3.64. The Labute approximate surface area is 188 Å².